The zero-order valence-electron chi connectivity index (χ0n) is 5.73. The molecule has 0 amide bonds. The van der Waals surface area contributed by atoms with Crippen LogP contribution in [0.4, 0.5) is 0 Å². The van der Waals surface area contributed by atoms with E-state index in [1.54, 1.807) is 0 Å². The molecule has 1 aliphatic rings. The van der Waals surface area contributed by atoms with Crippen LogP contribution >= 0.6 is 0 Å². The van der Waals surface area contributed by atoms with Crippen LogP contribution < -0.4 is 0 Å². The van der Waals surface area contributed by atoms with E-state index in [0.717, 1.165) is 5.92 Å². The molecule has 44 valence electrons. The lowest BCUT2D eigenvalue weighted by Gasteiger charge is -1.93. The van der Waals surface area contributed by atoms with Gasteiger partial charge in [0.25, 0.3) is 0 Å². The summed E-state index contributed by atoms with van der Waals surface area (Å²) in [6.45, 7) is 6.66. The maximum Gasteiger partial charge on any atom is 0.0285 e. The molecule has 0 radical (unpaired) electrons. The molecule has 1 aliphatic carbocycles. The summed E-state index contributed by atoms with van der Waals surface area (Å²) in [5, 5.41) is 0. The van der Waals surface area contributed by atoms with E-state index >= 15 is 0 Å². The molecule has 0 heterocycles. The second-order valence-corrected chi connectivity index (χ2v) is 3.25. The van der Waals surface area contributed by atoms with E-state index in [1.807, 2.05) is 0 Å². The standard InChI is InChI=1S/C8H12/c1-5-7-6(2)8(7,3)4/h1,6-7H,2-4H3. The number of hydrogen-bond donors (Lipinski definition) is 0. The second-order valence-electron chi connectivity index (χ2n) is 3.25. The molecule has 0 N–H and O–H groups in total. The quantitative estimate of drug-likeness (QED) is 0.416. The molecule has 0 heteroatoms. The van der Waals surface area contributed by atoms with Gasteiger partial charge in [0.2, 0.25) is 0 Å². The lowest BCUT2D eigenvalue weighted by molar-refractivity contribution is 0.573. The third-order valence-electron chi connectivity index (χ3n) is 2.55. The Morgan fingerprint density at radius 3 is 1.88 bits per heavy atom. The highest BCUT2D eigenvalue weighted by Gasteiger charge is 2.53. The minimum Gasteiger partial charge on any atom is -0.120 e. The van der Waals surface area contributed by atoms with Gasteiger partial charge in [0.15, 0.2) is 0 Å². The molecule has 2 unspecified atom stereocenters. The van der Waals surface area contributed by atoms with Gasteiger partial charge in [0.05, 0.1) is 0 Å². The number of rotatable bonds is 0. The molecule has 0 spiro atoms. The van der Waals surface area contributed by atoms with Crippen LogP contribution in [0.5, 0.6) is 0 Å². The Morgan fingerprint density at radius 1 is 1.50 bits per heavy atom. The van der Waals surface area contributed by atoms with Crippen molar-refractivity contribution >= 4 is 0 Å². The largest absolute Gasteiger partial charge is 0.120 e. The third kappa shape index (κ3) is 0.478. The first-order chi connectivity index (χ1) is 3.60. The SMILES string of the molecule is C#CC1C(C)C1(C)C. The summed E-state index contributed by atoms with van der Waals surface area (Å²) in [6.07, 6.45) is 5.25. The van der Waals surface area contributed by atoms with Crippen LogP contribution in [0.3, 0.4) is 0 Å². The molecule has 0 saturated heterocycles. The van der Waals surface area contributed by atoms with Gasteiger partial charge >= 0.3 is 0 Å². The Labute approximate surface area is 51.3 Å². The highest BCUT2D eigenvalue weighted by molar-refractivity contribution is 5.16. The predicted molar refractivity (Wildman–Crippen MR) is 35.3 cm³/mol. The smallest absolute Gasteiger partial charge is 0.0285 e. The van der Waals surface area contributed by atoms with Crippen molar-refractivity contribution in [1.29, 1.82) is 0 Å². The van der Waals surface area contributed by atoms with Gasteiger partial charge in [-0.2, -0.15) is 0 Å². The lowest BCUT2D eigenvalue weighted by Crippen LogP contribution is -1.86. The van der Waals surface area contributed by atoms with Crippen molar-refractivity contribution in [3.63, 3.8) is 0 Å². The maximum atomic E-state index is 5.25. The summed E-state index contributed by atoms with van der Waals surface area (Å²) in [4.78, 5) is 0. The molecule has 0 aromatic carbocycles. The minimum absolute atomic E-state index is 0.439. The Hall–Kier alpha value is -0.440. The molecule has 0 bridgehead atoms. The van der Waals surface area contributed by atoms with E-state index in [2.05, 4.69) is 26.7 Å². The monoisotopic (exact) mass is 108 g/mol. The van der Waals surface area contributed by atoms with Crippen molar-refractivity contribution in [2.75, 3.05) is 0 Å². The topological polar surface area (TPSA) is 0 Å². The van der Waals surface area contributed by atoms with Crippen LogP contribution in [0, 0.1) is 29.6 Å². The van der Waals surface area contributed by atoms with Crippen molar-refractivity contribution < 1.29 is 0 Å². The summed E-state index contributed by atoms with van der Waals surface area (Å²) in [7, 11) is 0. The zero-order chi connectivity index (χ0) is 6.36. The van der Waals surface area contributed by atoms with Gasteiger partial charge in [0, 0.05) is 5.92 Å². The average molecular weight is 108 g/mol. The van der Waals surface area contributed by atoms with E-state index in [-0.39, 0.29) is 0 Å². The van der Waals surface area contributed by atoms with Crippen LogP contribution in [0.15, 0.2) is 0 Å². The van der Waals surface area contributed by atoms with Gasteiger partial charge < -0.3 is 0 Å². The summed E-state index contributed by atoms with van der Waals surface area (Å²) in [5.74, 6) is 4.07. The summed E-state index contributed by atoms with van der Waals surface area (Å²) in [6, 6.07) is 0. The molecule has 1 rings (SSSR count). The predicted octanol–water partition coefficient (Wildman–Crippen LogP) is 1.91. The third-order valence-corrected chi connectivity index (χ3v) is 2.55. The Kier molecular flexibility index (Phi) is 0.915. The van der Waals surface area contributed by atoms with Crippen molar-refractivity contribution in [2.24, 2.45) is 17.3 Å². The molecular weight excluding hydrogens is 96.1 g/mol. The van der Waals surface area contributed by atoms with Crippen LogP contribution in [0.1, 0.15) is 20.8 Å². The highest BCUT2D eigenvalue weighted by atomic mass is 14.6. The maximum absolute atomic E-state index is 5.25. The molecule has 0 aromatic rings. The number of hydrogen-bond acceptors (Lipinski definition) is 0. The van der Waals surface area contributed by atoms with Crippen LogP contribution in [-0.4, -0.2) is 0 Å². The van der Waals surface area contributed by atoms with Crippen molar-refractivity contribution in [1.82, 2.24) is 0 Å². The second kappa shape index (κ2) is 1.29. The molecular formula is C8H12. The first-order valence-electron chi connectivity index (χ1n) is 3.07. The summed E-state index contributed by atoms with van der Waals surface area (Å²) in [5.41, 5.74) is 0.439. The molecule has 0 aromatic heterocycles. The average Bonchev–Trinajstić information content (AvgIpc) is 2.09. The van der Waals surface area contributed by atoms with E-state index in [1.165, 1.54) is 0 Å². The van der Waals surface area contributed by atoms with E-state index in [0.29, 0.717) is 11.3 Å². The van der Waals surface area contributed by atoms with Crippen LogP contribution in [0.25, 0.3) is 0 Å². The fourth-order valence-corrected chi connectivity index (χ4v) is 1.25. The van der Waals surface area contributed by atoms with Gasteiger partial charge in [0.1, 0.15) is 0 Å². The molecule has 2 atom stereocenters. The Balaban J connectivity index is 2.62. The van der Waals surface area contributed by atoms with Crippen molar-refractivity contribution in [2.45, 2.75) is 20.8 Å². The number of terminal acetylenes is 1. The zero-order valence-corrected chi connectivity index (χ0v) is 5.73. The normalized spacial score (nSPS) is 40.8. The first-order valence-corrected chi connectivity index (χ1v) is 3.07. The first kappa shape index (κ1) is 5.69. The van der Waals surface area contributed by atoms with Crippen LogP contribution in [0.2, 0.25) is 0 Å². The van der Waals surface area contributed by atoms with Crippen molar-refractivity contribution in [3.05, 3.63) is 0 Å². The van der Waals surface area contributed by atoms with E-state index < -0.39 is 0 Å². The fourth-order valence-electron chi connectivity index (χ4n) is 1.25. The molecule has 8 heavy (non-hydrogen) atoms. The summed E-state index contributed by atoms with van der Waals surface area (Å²) < 4.78 is 0. The van der Waals surface area contributed by atoms with Crippen LogP contribution in [-0.2, 0) is 0 Å². The Bertz CT molecular complexity index is 137. The molecule has 0 nitrogen and oxygen atoms in total. The van der Waals surface area contributed by atoms with E-state index in [4.69, 9.17) is 6.42 Å². The van der Waals surface area contributed by atoms with Gasteiger partial charge in [-0.05, 0) is 11.3 Å². The van der Waals surface area contributed by atoms with Gasteiger partial charge in [-0.25, -0.2) is 0 Å². The summed E-state index contributed by atoms with van der Waals surface area (Å²) >= 11 is 0. The molecule has 1 fully saturated rings. The van der Waals surface area contributed by atoms with Gasteiger partial charge in [-0.15, -0.1) is 12.3 Å². The van der Waals surface area contributed by atoms with Gasteiger partial charge in [-0.1, -0.05) is 20.8 Å². The fraction of sp³-hybridized carbons (Fsp3) is 0.750. The van der Waals surface area contributed by atoms with E-state index in [9.17, 15) is 0 Å². The van der Waals surface area contributed by atoms with Crippen molar-refractivity contribution in [3.8, 4) is 12.3 Å². The van der Waals surface area contributed by atoms with Gasteiger partial charge in [-0.3, -0.25) is 0 Å². The molecule has 0 aliphatic heterocycles. The minimum atomic E-state index is 0.439. The molecule has 1 saturated carbocycles. The highest BCUT2D eigenvalue weighted by Crippen LogP contribution is 2.57. The Morgan fingerprint density at radius 2 is 1.88 bits per heavy atom. The lowest BCUT2D eigenvalue weighted by atomic mass is 10.1.